The first-order valence-corrected chi connectivity index (χ1v) is 8.55. The Morgan fingerprint density at radius 1 is 1.00 bits per heavy atom. The summed E-state index contributed by atoms with van der Waals surface area (Å²) in [5, 5.41) is 12.1. The van der Waals surface area contributed by atoms with E-state index in [9.17, 15) is 13.2 Å². The van der Waals surface area contributed by atoms with E-state index in [4.69, 9.17) is 0 Å². The molecule has 0 aliphatic rings. The van der Waals surface area contributed by atoms with Gasteiger partial charge in [-0.2, -0.15) is 18.3 Å². The molecule has 0 saturated carbocycles. The zero-order chi connectivity index (χ0) is 19.7. The van der Waals surface area contributed by atoms with E-state index >= 15 is 0 Å². The third kappa shape index (κ3) is 3.26. The first-order chi connectivity index (χ1) is 13.5. The average Bonchev–Trinajstić information content (AvgIpc) is 3.36. The van der Waals surface area contributed by atoms with Crippen molar-refractivity contribution in [1.82, 2.24) is 29.8 Å². The number of rotatable bonds is 4. The van der Waals surface area contributed by atoms with Crippen LogP contribution in [0.15, 0.2) is 61.2 Å². The summed E-state index contributed by atoms with van der Waals surface area (Å²) < 4.78 is 42.8. The van der Waals surface area contributed by atoms with Crippen molar-refractivity contribution in [3.05, 3.63) is 72.4 Å². The summed E-state index contributed by atoms with van der Waals surface area (Å²) in [6.45, 7) is 1.67. The first kappa shape index (κ1) is 17.9. The molecule has 3 aromatic heterocycles. The van der Waals surface area contributed by atoms with Crippen LogP contribution in [0.25, 0.3) is 22.6 Å². The van der Waals surface area contributed by atoms with Gasteiger partial charge in [-0.25, -0.2) is 9.36 Å². The van der Waals surface area contributed by atoms with E-state index in [-0.39, 0.29) is 12.0 Å². The van der Waals surface area contributed by atoms with Crippen LogP contribution < -0.4 is 0 Å². The highest BCUT2D eigenvalue weighted by Gasteiger charge is 2.38. The quantitative estimate of drug-likeness (QED) is 0.532. The summed E-state index contributed by atoms with van der Waals surface area (Å²) in [5.41, 5.74) is 1.84. The van der Waals surface area contributed by atoms with Crippen molar-refractivity contribution in [2.75, 3.05) is 0 Å². The van der Waals surface area contributed by atoms with E-state index < -0.39 is 11.9 Å². The summed E-state index contributed by atoms with van der Waals surface area (Å²) >= 11 is 0. The maximum absolute atomic E-state index is 13.4. The average molecular weight is 384 g/mol. The van der Waals surface area contributed by atoms with Crippen LogP contribution in [0, 0.1) is 0 Å². The predicted octanol–water partition coefficient (Wildman–Crippen LogP) is 4.10. The van der Waals surface area contributed by atoms with Gasteiger partial charge in [-0.3, -0.25) is 4.98 Å². The Bertz CT molecular complexity index is 1080. The van der Waals surface area contributed by atoms with Crippen LogP contribution in [0.1, 0.15) is 18.2 Å². The molecule has 0 unspecified atom stereocenters. The number of pyridine rings is 1. The van der Waals surface area contributed by atoms with E-state index in [0.29, 0.717) is 11.4 Å². The lowest BCUT2D eigenvalue weighted by Crippen LogP contribution is -2.15. The lowest BCUT2D eigenvalue weighted by molar-refractivity contribution is -0.143. The molecule has 142 valence electrons. The zero-order valence-corrected chi connectivity index (χ0v) is 14.8. The maximum Gasteiger partial charge on any atom is 0.433 e. The van der Waals surface area contributed by atoms with Crippen molar-refractivity contribution in [3.63, 3.8) is 0 Å². The van der Waals surface area contributed by atoms with Crippen molar-refractivity contribution in [2.24, 2.45) is 0 Å². The standard InChI is InChI=1S/C19H15F3N6/c1-2-13-10-24-28(18(13)19(20,21)22)15-7-5-14(6-8-15)17-12-27(26-25-17)16-4-3-9-23-11-16/h3-12H,2H2,1H3. The molecule has 0 aliphatic heterocycles. The van der Waals surface area contributed by atoms with Crippen molar-refractivity contribution in [2.45, 2.75) is 19.5 Å². The fraction of sp³-hybridized carbons (Fsp3) is 0.158. The third-order valence-electron chi connectivity index (χ3n) is 4.31. The predicted molar refractivity (Wildman–Crippen MR) is 96.1 cm³/mol. The summed E-state index contributed by atoms with van der Waals surface area (Å²) in [6.07, 6.45) is 2.08. The number of hydrogen-bond donors (Lipinski definition) is 0. The summed E-state index contributed by atoms with van der Waals surface area (Å²) in [6, 6.07) is 10.2. The van der Waals surface area contributed by atoms with Gasteiger partial charge >= 0.3 is 6.18 Å². The summed E-state index contributed by atoms with van der Waals surface area (Å²) in [4.78, 5) is 4.04. The van der Waals surface area contributed by atoms with Crippen LogP contribution in [-0.4, -0.2) is 29.8 Å². The van der Waals surface area contributed by atoms with Gasteiger partial charge in [0.1, 0.15) is 5.69 Å². The van der Waals surface area contributed by atoms with E-state index in [0.717, 1.165) is 15.9 Å². The summed E-state index contributed by atoms with van der Waals surface area (Å²) in [7, 11) is 0. The lowest BCUT2D eigenvalue weighted by Gasteiger charge is -2.12. The molecule has 6 nitrogen and oxygen atoms in total. The van der Waals surface area contributed by atoms with Crippen molar-refractivity contribution in [3.8, 4) is 22.6 Å². The second-order valence-corrected chi connectivity index (χ2v) is 6.09. The Labute approximate surface area is 158 Å². The van der Waals surface area contributed by atoms with E-state index in [2.05, 4.69) is 20.4 Å². The van der Waals surface area contributed by atoms with E-state index in [1.807, 2.05) is 6.07 Å². The molecule has 0 amide bonds. The molecule has 0 atom stereocenters. The van der Waals surface area contributed by atoms with Crippen molar-refractivity contribution in [1.29, 1.82) is 0 Å². The molecule has 1 aromatic carbocycles. The molecular weight excluding hydrogens is 369 g/mol. The number of halogens is 3. The van der Waals surface area contributed by atoms with Crippen molar-refractivity contribution < 1.29 is 13.2 Å². The highest BCUT2D eigenvalue weighted by molar-refractivity contribution is 5.60. The van der Waals surface area contributed by atoms with Gasteiger partial charge in [0.15, 0.2) is 5.69 Å². The van der Waals surface area contributed by atoms with Gasteiger partial charge < -0.3 is 0 Å². The molecule has 28 heavy (non-hydrogen) atoms. The molecule has 0 N–H and O–H groups in total. The molecular formula is C19H15F3N6. The maximum atomic E-state index is 13.4. The number of aryl methyl sites for hydroxylation is 1. The number of aromatic nitrogens is 6. The van der Waals surface area contributed by atoms with E-state index in [1.165, 1.54) is 6.20 Å². The van der Waals surface area contributed by atoms with Gasteiger partial charge in [-0.05, 0) is 30.7 Å². The minimum absolute atomic E-state index is 0.163. The molecule has 0 spiro atoms. The third-order valence-corrected chi connectivity index (χ3v) is 4.31. The Hall–Kier alpha value is -3.49. The Morgan fingerprint density at radius 2 is 1.79 bits per heavy atom. The van der Waals surface area contributed by atoms with Crippen LogP contribution in [0.5, 0.6) is 0 Å². The van der Waals surface area contributed by atoms with Crippen LogP contribution in [0.3, 0.4) is 0 Å². The molecule has 9 heteroatoms. The molecule has 0 aliphatic carbocycles. The largest absolute Gasteiger partial charge is 0.433 e. The Morgan fingerprint density at radius 3 is 2.43 bits per heavy atom. The molecule has 0 fully saturated rings. The van der Waals surface area contributed by atoms with Gasteiger partial charge in [-0.1, -0.05) is 24.3 Å². The fourth-order valence-corrected chi connectivity index (χ4v) is 2.92. The second kappa shape index (κ2) is 6.91. The number of nitrogens with zero attached hydrogens (tertiary/aromatic N) is 6. The number of alkyl halides is 3. The van der Waals surface area contributed by atoms with Gasteiger partial charge in [0.25, 0.3) is 0 Å². The number of benzene rings is 1. The molecule has 4 rings (SSSR count). The second-order valence-electron chi connectivity index (χ2n) is 6.09. The number of hydrogen-bond acceptors (Lipinski definition) is 4. The fourth-order valence-electron chi connectivity index (χ4n) is 2.92. The topological polar surface area (TPSA) is 61.4 Å². The molecule has 0 saturated heterocycles. The lowest BCUT2D eigenvalue weighted by atomic mass is 10.1. The molecule has 3 heterocycles. The van der Waals surface area contributed by atoms with Gasteiger partial charge in [-0.15, -0.1) is 5.10 Å². The minimum Gasteiger partial charge on any atom is -0.262 e. The van der Waals surface area contributed by atoms with E-state index in [1.54, 1.807) is 60.5 Å². The molecule has 0 radical (unpaired) electrons. The van der Waals surface area contributed by atoms with Gasteiger partial charge in [0.05, 0.1) is 30.0 Å². The normalized spacial score (nSPS) is 11.7. The van der Waals surface area contributed by atoms with Crippen LogP contribution in [0.4, 0.5) is 13.2 Å². The van der Waals surface area contributed by atoms with Gasteiger partial charge in [0, 0.05) is 17.3 Å². The Balaban J connectivity index is 1.66. The van der Waals surface area contributed by atoms with Crippen molar-refractivity contribution >= 4 is 0 Å². The first-order valence-electron chi connectivity index (χ1n) is 8.55. The van der Waals surface area contributed by atoms with Crippen LogP contribution in [0.2, 0.25) is 0 Å². The van der Waals surface area contributed by atoms with Crippen LogP contribution in [-0.2, 0) is 12.6 Å². The monoisotopic (exact) mass is 384 g/mol. The summed E-state index contributed by atoms with van der Waals surface area (Å²) in [5.74, 6) is 0. The zero-order valence-electron chi connectivity index (χ0n) is 14.8. The van der Waals surface area contributed by atoms with Crippen LogP contribution >= 0.6 is 0 Å². The SMILES string of the molecule is CCc1cnn(-c2ccc(-c3cn(-c4cccnc4)nn3)cc2)c1C(F)(F)F. The highest BCUT2D eigenvalue weighted by Crippen LogP contribution is 2.34. The Kier molecular flexibility index (Phi) is 4.42. The smallest absolute Gasteiger partial charge is 0.262 e. The van der Waals surface area contributed by atoms with Gasteiger partial charge in [0.2, 0.25) is 0 Å². The minimum atomic E-state index is -4.48. The highest BCUT2D eigenvalue weighted by atomic mass is 19.4. The molecule has 4 aromatic rings. The molecule has 0 bridgehead atoms.